The van der Waals surface area contributed by atoms with Gasteiger partial charge >= 0.3 is 6.18 Å². The number of benzene rings is 1. The van der Waals surface area contributed by atoms with Crippen LogP contribution in [0, 0.1) is 5.82 Å². The third-order valence-corrected chi connectivity index (χ3v) is 3.42. The number of carbonyl (C=O) groups is 1. The van der Waals surface area contributed by atoms with E-state index >= 15 is 0 Å². The van der Waals surface area contributed by atoms with E-state index in [0.717, 1.165) is 31.9 Å². The molecule has 1 amide bonds. The predicted octanol–water partition coefficient (Wildman–Crippen LogP) is 2.72. The van der Waals surface area contributed by atoms with Crippen LogP contribution in [0.25, 0.3) is 0 Å². The Kier molecular flexibility index (Phi) is 4.82. The molecular formula is C14H16F4N2O. The van der Waals surface area contributed by atoms with E-state index in [9.17, 15) is 22.4 Å². The van der Waals surface area contributed by atoms with Crippen LogP contribution in [0.2, 0.25) is 0 Å². The number of amides is 1. The van der Waals surface area contributed by atoms with Gasteiger partial charge in [0, 0.05) is 18.2 Å². The summed E-state index contributed by atoms with van der Waals surface area (Å²) in [6.07, 6.45) is -2.10. The Labute approximate surface area is 119 Å². The van der Waals surface area contributed by atoms with E-state index < -0.39 is 23.5 Å². The van der Waals surface area contributed by atoms with Gasteiger partial charge in [0.05, 0.1) is 5.56 Å². The molecule has 1 aliphatic heterocycles. The van der Waals surface area contributed by atoms with Crippen LogP contribution in [0.3, 0.4) is 0 Å². The highest BCUT2D eigenvalue weighted by atomic mass is 19.4. The monoisotopic (exact) mass is 304 g/mol. The summed E-state index contributed by atoms with van der Waals surface area (Å²) in [5.41, 5.74) is -1.61. The molecule has 0 aliphatic carbocycles. The third kappa shape index (κ3) is 4.17. The van der Waals surface area contributed by atoms with Crippen molar-refractivity contribution in [2.45, 2.75) is 31.5 Å². The average molecular weight is 304 g/mol. The maximum atomic E-state index is 13.2. The molecule has 0 bridgehead atoms. The first-order chi connectivity index (χ1) is 9.88. The van der Waals surface area contributed by atoms with Crippen molar-refractivity contribution in [3.8, 4) is 0 Å². The lowest BCUT2D eigenvalue weighted by Crippen LogP contribution is -2.40. The van der Waals surface area contributed by atoms with Crippen molar-refractivity contribution in [1.29, 1.82) is 0 Å². The van der Waals surface area contributed by atoms with Gasteiger partial charge in [0.1, 0.15) is 5.82 Å². The molecule has 2 rings (SSSR count). The zero-order valence-corrected chi connectivity index (χ0v) is 11.3. The summed E-state index contributed by atoms with van der Waals surface area (Å²) in [6, 6.07) is 2.15. The van der Waals surface area contributed by atoms with Crippen LogP contribution in [0.4, 0.5) is 17.6 Å². The van der Waals surface area contributed by atoms with Gasteiger partial charge in [-0.25, -0.2) is 4.39 Å². The smallest absolute Gasteiger partial charge is 0.348 e. The highest BCUT2D eigenvalue weighted by Crippen LogP contribution is 2.31. The number of alkyl halides is 3. The van der Waals surface area contributed by atoms with Gasteiger partial charge in [-0.2, -0.15) is 13.2 Å². The predicted molar refractivity (Wildman–Crippen MR) is 69.4 cm³/mol. The maximum absolute atomic E-state index is 13.2. The molecule has 1 atom stereocenters. The first kappa shape index (κ1) is 15.8. The van der Waals surface area contributed by atoms with Gasteiger partial charge < -0.3 is 10.6 Å². The SMILES string of the molecule is O=C(NC1CCCCNC1)c1ccc(F)c(C(F)(F)F)c1. The second kappa shape index (κ2) is 6.43. The minimum absolute atomic E-state index is 0.126. The van der Waals surface area contributed by atoms with Crippen LogP contribution in [0.15, 0.2) is 18.2 Å². The standard InChI is InChI=1S/C14H16F4N2O/c15-12-5-4-9(7-11(12)14(16,17)18)13(21)20-10-3-1-2-6-19-8-10/h4-5,7,10,19H,1-3,6,8H2,(H,20,21). The van der Waals surface area contributed by atoms with E-state index in [4.69, 9.17) is 0 Å². The summed E-state index contributed by atoms with van der Waals surface area (Å²) in [4.78, 5) is 12.0. The molecule has 1 aliphatic rings. The van der Waals surface area contributed by atoms with Crippen LogP contribution in [0.5, 0.6) is 0 Å². The number of rotatable bonds is 2. The topological polar surface area (TPSA) is 41.1 Å². The van der Waals surface area contributed by atoms with Crippen molar-refractivity contribution in [2.24, 2.45) is 0 Å². The number of carbonyl (C=O) groups excluding carboxylic acids is 1. The molecule has 0 saturated carbocycles. The summed E-state index contributed by atoms with van der Waals surface area (Å²) in [6.45, 7) is 1.44. The number of hydrogen-bond donors (Lipinski definition) is 2. The van der Waals surface area contributed by atoms with E-state index in [1.54, 1.807) is 0 Å². The second-order valence-corrected chi connectivity index (χ2v) is 5.06. The van der Waals surface area contributed by atoms with Crippen LogP contribution in [0.1, 0.15) is 35.2 Å². The van der Waals surface area contributed by atoms with Crippen molar-refractivity contribution in [1.82, 2.24) is 10.6 Å². The Bertz CT molecular complexity index is 508. The number of nitrogens with one attached hydrogen (secondary N) is 2. The summed E-state index contributed by atoms with van der Waals surface area (Å²) >= 11 is 0. The van der Waals surface area contributed by atoms with Crippen LogP contribution >= 0.6 is 0 Å². The van der Waals surface area contributed by atoms with E-state index in [1.807, 2.05) is 0 Å². The lowest BCUT2D eigenvalue weighted by Gasteiger charge is -2.17. The molecule has 1 saturated heterocycles. The zero-order valence-electron chi connectivity index (χ0n) is 11.3. The lowest BCUT2D eigenvalue weighted by molar-refractivity contribution is -0.140. The van der Waals surface area contributed by atoms with E-state index in [-0.39, 0.29) is 11.6 Å². The van der Waals surface area contributed by atoms with Crippen molar-refractivity contribution in [3.63, 3.8) is 0 Å². The van der Waals surface area contributed by atoms with Gasteiger partial charge in [0.15, 0.2) is 0 Å². The average Bonchev–Trinajstić information content (AvgIpc) is 2.66. The third-order valence-electron chi connectivity index (χ3n) is 3.42. The molecule has 0 spiro atoms. The molecule has 1 aromatic rings. The Morgan fingerprint density at radius 1 is 1.29 bits per heavy atom. The Morgan fingerprint density at radius 2 is 2.05 bits per heavy atom. The molecule has 116 valence electrons. The Morgan fingerprint density at radius 3 is 2.76 bits per heavy atom. The van der Waals surface area contributed by atoms with Crippen LogP contribution in [-0.4, -0.2) is 25.0 Å². The molecule has 0 aromatic heterocycles. The second-order valence-electron chi connectivity index (χ2n) is 5.06. The van der Waals surface area contributed by atoms with Crippen LogP contribution < -0.4 is 10.6 Å². The molecule has 2 N–H and O–H groups in total. The summed E-state index contributed by atoms with van der Waals surface area (Å²) < 4.78 is 51.0. The largest absolute Gasteiger partial charge is 0.419 e. The normalized spacial score (nSPS) is 19.9. The fourth-order valence-corrected chi connectivity index (χ4v) is 2.29. The van der Waals surface area contributed by atoms with Crippen molar-refractivity contribution < 1.29 is 22.4 Å². The van der Waals surface area contributed by atoms with Crippen LogP contribution in [-0.2, 0) is 6.18 Å². The first-order valence-corrected chi connectivity index (χ1v) is 6.76. The van der Waals surface area contributed by atoms with Gasteiger partial charge in [-0.05, 0) is 37.6 Å². The zero-order chi connectivity index (χ0) is 15.5. The molecular weight excluding hydrogens is 288 g/mol. The molecule has 1 aromatic carbocycles. The number of hydrogen-bond acceptors (Lipinski definition) is 2. The lowest BCUT2D eigenvalue weighted by atomic mass is 10.1. The fourth-order valence-electron chi connectivity index (χ4n) is 2.29. The molecule has 1 heterocycles. The van der Waals surface area contributed by atoms with Crippen molar-refractivity contribution >= 4 is 5.91 Å². The Balaban J connectivity index is 2.12. The quantitative estimate of drug-likeness (QED) is 0.825. The minimum Gasteiger partial charge on any atom is -0.348 e. The van der Waals surface area contributed by atoms with E-state index in [1.165, 1.54) is 0 Å². The first-order valence-electron chi connectivity index (χ1n) is 6.76. The molecule has 1 unspecified atom stereocenters. The van der Waals surface area contributed by atoms with E-state index in [0.29, 0.717) is 18.7 Å². The van der Waals surface area contributed by atoms with E-state index in [2.05, 4.69) is 10.6 Å². The van der Waals surface area contributed by atoms with Crippen molar-refractivity contribution in [3.05, 3.63) is 35.1 Å². The molecule has 21 heavy (non-hydrogen) atoms. The number of halogens is 4. The van der Waals surface area contributed by atoms with Gasteiger partial charge in [-0.3, -0.25) is 4.79 Å². The summed E-state index contributed by atoms with van der Waals surface area (Å²) in [5.74, 6) is -2.00. The van der Waals surface area contributed by atoms with Gasteiger partial charge in [-0.15, -0.1) is 0 Å². The van der Waals surface area contributed by atoms with Gasteiger partial charge in [-0.1, -0.05) is 6.42 Å². The highest BCUT2D eigenvalue weighted by Gasteiger charge is 2.34. The molecule has 3 nitrogen and oxygen atoms in total. The molecule has 0 radical (unpaired) electrons. The van der Waals surface area contributed by atoms with Gasteiger partial charge in [0.2, 0.25) is 0 Å². The Hall–Kier alpha value is -1.63. The van der Waals surface area contributed by atoms with Crippen molar-refractivity contribution in [2.75, 3.05) is 13.1 Å². The molecule has 7 heteroatoms. The fraction of sp³-hybridized carbons (Fsp3) is 0.500. The highest BCUT2D eigenvalue weighted by molar-refractivity contribution is 5.94. The van der Waals surface area contributed by atoms with Gasteiger partial charge in [0.25, 0.3) is 5.91 Å². The molecule has 1 fully saturated rings. The minimum atomic E-state index is -4.82. The maximum Gasteiger partial charge on any atom is 0.419 e. The summed E-state index contributed by atoms with van der Waals surface area (Å²) in [7, 11) is 0. The summed E-state index contributed by atoms with van der Waals surface area (Å²) in [5, 5.41) is 5.83.